The Bertz CT molecular complexity index is 716. The van der Waals surface area contributed by atoms with Crippen LogP contribution in [0.4, 0.5) is 13.2 Å². The van der Waals surface area contributed by atoms with Crippen molar-refractivity contribution < 1.29 is 22.7 Å². The lowest BCUT2D eigenvalue weighted by atomic mass is 10.1. The van der Waals surface area contributed by atoms with E-state index in [-0.39, 0.29) is 24.3 Å². The van der Waals surface area contributed by atoms with E-state index in [0.717, 1.165) is 11.6 Å². The van der Waals surface area contributed by atoms with Crippen molar-refractivity contribution in [1.82, 2.24) is 14.9 Å². The lowest BCUT2D eigenvalue weighted by molar-refractivity contribution is -0.141. The molecule has 3 rings (SSSR count). The van der Waals surface area contributed by atoms with Gasteiger partial charge in [-0.15, -0.1) is 0 Å². The van der Waals surface area contributed by atoms with Gasteiger partial charge in [0.15, 0.2) is 0 Å². The van der Waals surface area contributed by atoms with Crippen LogP contribution in [0.2, 0.25) is 0 Å². The van der Waals surface area contributed by atoms with Crippen molar-refractivity contribution in [3.05, 3.63) is 54.0 Å². The van der Waals surface area contributed by atoms with Gasteiger partial charge < -0.3 is 9.64 Å². The molecule has 0 spiro atoms. The van der Waals surface area contributed by atoms with E-state index in [1.807, 2.05) is 6.07 Å². The van der Waals surface area contributed by atoms with Gasteiger partial charge >= 0.3 is 6.18 Å². The molecule has 0 radical (unpaired) electrons. The van der Waals surface area contributed by atoms with E-state index in [0.29, 0.717) is 13.1 Å². The van der Waals surface area contributed by atoms with Gasteiger partial charge in [0, 0.05) is 18.5 Å². The molecule has 0 bridgehead atoms. The second-order valence-corrected chi connectivity index (χ2v) is 5.44. The van der Waals surface area contributed by atoms with Crippen molar-refractivity contribution >= 4 is 5.91 Å². The summed E-state index contributed by atoms with van der Waals surface area (Å²) in [4.78, 5) is 21.0. The molecule has 0 atom stereocenters. The molecule has 24 heavy (non-hydrogen) atoms. The Balaban J connectivity index is 1.51. The summed E-state index contributed by atoms with van der Waals surface area (Å²) in [6.45, 7) is 0.661. The molecular weight excluding hydrogens is 323 g/mol. The standard InChI is InChI=1S/C16H14F3N3O2/c17-16(18,19)13-4-1-5-14(21-13)24-12-9-22(10-12)15(23)7-11-3-2-6-20-8-11/h1-6,8,12H,7,9-10H2. The van der Waals surface area contributed by atoms with Crippen LogP contribution in [0.1, 0.15) is 11.3 Å². The van der Waals surface area contributed by atoms with Crippen molar-refractivity contribution in [1.29, 1.82) is 0 Å². The maximum Gasteiger partial charge on any atom is 0.433 e. The first-order valence-electron chi connectivity index (χ1n) is 7.29. The number of halogens is 3. The molecule has 0 aliphatic carbocycles. The van der Waals surface area contributed by atoms with Gasteiger partial charge in [0.25, 0.3) is 0 Å². The van der Waals surface area contributed by atoms with Crippen LogP contribution in [0.25, 0.3) is 0 Å². The van der Waals surface area contributed by atoms with E-state index >= 15 is 0 Å². The Morgan fingerprint density at radius 2 is 2.04 bits per heavy atom. The second kappa shape index (κ2) is 6.46. The first kappa shape index (κ1) is 16.2. The lowest BCUT2D eigenvalue weighted by Crippen LogP contribution is -2.56. The number of amides is 1. The Morgan fingerprint density at radius 1 is 1.25 bits per heavy atom. The van der Waals surface area contributed by atoms with Gasteiger partial charge in [-0.1, -0.05) is 12.1 Å². The van der Waals surface area contributed by atoms with E-state index in [2.05, 4.69) is 9.97 Å². The van der Waals surface area contributed by atoms with Crippen molar-refractivity contribution in [3.63, 3.8) is 0 Å². The molecule has 126 valence electrons. The predicted octanol–water partition coefficient (Wildman–Crippen LogP) is 2.33. The van der Waals surface area contributed by atoms with Gasteiger partial charge in [-0.25, -0.2) is 4.98 Å². The van der Waals surface area contributed by atoms with E-state index in [1.54, 1.807) is 23.4 Å². The van der Waals surface area contributed by atoms with Crippen LogP contribution in [0.15, 0.2) is 42.7 Å². The van der Waals surface area contributed by atoms with Crippen LogP contribution >= 0.6 is 0 Å². The molecule has 0 N–H and O–H groups in total. The van der Waals surface area contributed by atoms with Crippen molar-refractivity contribution in [2.45, 2.75) is 18.7 Å². The van der Waals surface area contributed by atoms with E-state index in [9.17, 15) is 18.0 Å². The molecule has 5 nitrogen and oxygen atoms in total. The van der Waals surface area contributed by atoms with Gasteiger partial charge in [-0.2, -0.15) is 13.2 Å². The maximum atomic E-state index is 12.6. The number of likely N-dealkylation sites (tertiary alicyclic amines) is 1. The molecule has 1 saturated heterocycles. The zero-order valence-electron chi connectivity index (χ0n) is 12.5. The zero-order chi connectivity index (χ0) is 17.2. The zero-order valence-corrected chi connectivity index (χ0v) is 12.5. The summed E-state index contributed by atoms with van der Waals surface area (Å²) in [7, 11) is 0. The predicted molar refractivity (Wildman–Crippen MR) is 78.2 cm³/mol. The number of alkyl halides is 3. The Kier molecular flexibility index (Phi) is 4.37. The molecule has 2 aromatic heterocycles. The topological polar surface area (TPSA) is 55.3 Å². The van der Waals surface area contributed by atoms with Gasteiger partial charge in [-0.05, 0) is 17.7 Å². The van der Waals surface area contributed by atoms with Crippen LogP contribution < -0.4 is 4.74 Å². The van der Waals surface area contributed by atoms with Crippen molar-refractivity contribution in [3.8, 4) is 5.88 Å². The van der Waals surface area contributed by atoms with Crippen LogP contribution in [-0.2, 0) is 17.4 Å². The number of nitrogens with zero attached hydrogens (tertiary/aromatic N) is 3. The molecule has 8 heteroatoms. The number of pyridine rings is 2. The molecule has 0 aromatic carbocycles. The molecule has 1 aliphatic rings. The Labute approximate surface area is 136 Å². The highest BCUT2D eigenvalue weighted by Crippen LogP contribution is 2.29. The molecule has 0 unspecified atom stereocenters. The fourth-order valence-electron chi connectivity index (χ4n) is 2.31. The van der Waals surface area contributed by atoms with Crippen LogP contribution in [0.3, 0.4) is 0 Å². The van der Waals surface area contributed by atoms with E-state index in [1.165, 1.54) is 12.1 Å². The average Bonchev–Trinajstić information content (AvgIpc) is 2.51. The number of hydrogen-bond acceptors (Lipinski definition) is 4. The SMILES string of the molecule is O=C(Cc1cccnc1)N1CC(Oc2cccc(C(F)(F)F)n2)C1. The third-order valence-electron chi connectivity index (χ3n) is 3.58. The minimum Gasteiger partial charge on any atom is -0.471 e. The van der Waals surface area contributed by atoms with E-state index in [4.69, 9.17) is 4.74 Å². The van der Waals surface area contributed by atoms with Gasteiger partial charge in [0.05, 0.1) is 19.5 Å². The monoisotopic (exact) mass is 337 g/mol. The third kappa shape index (κ3) is 3.81. The van der Waals surface area contributed by atoms with Gasteiger partial charge in [-0.3, -0.25) is 9.78 Å². The van der Waals surface area contributed by atoms with Gasteiger partial charge in [0.2, 0.25) is 11.8 Å². The van der Waals surface area contributed by atoms with Crippen LogP contribution in [0.5, 0.6) is 5.88 Å². The molecule has 2 aromatic rings. The second-order valence-electron chi connectivity index (χ2n) is 5.44. The first-order chi connectivity index (χ1) is 11.4. The molecular formula is C16H14F3N3O2. The number of hydrogen-bond donors (Lipinski definition) is 0. The number of ether oxygens (including phenoxy) is 1. The smallest absolute Gasteiger partial charge is 0.433 e. The molecule has 1 aliphatic heterocycles. The largest absolute Gasteiger partial charge is 0.471 e. The normalized spacial score (nSPS) is 15.0. The Hall–Kier alpha value is -2.64. The highest BCUT2D eigenvalue weighted by molar-refractivity contribution is 5.79. The number of rotatable bonds is 4. The summed E-state index contributed by atoms with van der Waals surface area (Å²) >= 11 is 0. The quantitative estimate of drug-likeness (QED) is 0.859. The highest BCUT2D eigenvalue weighted by Gasteiger charge is 2.35. The minimum absolute atomic E-state index is 0.0696. The highest BCUT2D eigenvalue weighted by atomic mass is 19.4. The molecule has 3 heterocycles. The van der Waals surface area contributed by atoms with Crippen molar-refractivity contribution in [2.24, 2.45) is 0 Å². The van der Waals surface area contributed by atoms with Gasteiger partial charge in [0.1, 0.15) is 11.8 Å². The summed E-state index contributed by atoms with van der Waals surface area (Å²) in [6, 6.07) is 7.07. The van der Waals surface area contributed by atoms with Crippen LogP contribution in [0, 0.1) is 0 Å². The number of aromatic nitrogens is 2. The van der Waals surface area contributed by atoms with Crippen molar-refractivity contribution in [2.75, 3.05) is 13.1 Å². The summed E-state index contributed by atoms with van der Waals surface area (Å²) in [6.07, 6.45) is -1.37. The summed E-state index contributed by atoms with van der Waals surface area (Å²) < 4.78 is 43.2. The fraction of sp³-hybridized carbons (Fsp3) is 0.312. The minimum atomic E-state index is -4.51. The van der Waals surface area contributed by atoms with E-state index < -0.39 is 11.9 Å². The number of carbonyl (C=O) groups excluding carboxylic acids is 1. The lowest BCUT2D eigenvalue weighted by Gasteiger charge is -2.38. The molecule has 1 amide bonds. The summed E-state index contributed by atoms with van der Waals surface area (Å²) in [5, 5.41) is 0. The number of carbonyl (C=O) groups is 1. The summed E-state index contributed by atoms with van der Waals surface area (Å²) in [5.41, 5.74) is -0.185. The Morgan fingerprint density at radius 3 is 2.71 bits per heavy atom. The van der Waals surface area contributed by atoms with Crippen LogP contribution in [-0.4, -0.2) is 40.0 Å². The first-order valence-corrected chi connectivity index (χ1v) is 7.29. The molecule has 1 fully saturated rings. The third-order valence-corrected chi connectivity index (χ3v) is 3.58. The average molecular weight is 337 g/mol. The maximum absolute atomic E-state index is 12.6. The fourth-order valence-corrected chi connectivity index (χ4v) is 2.31. The summed E-state index contributed by atoms with van der Waals surface area (Å²) in [5.74, 6) is -0.158. The molecule has 0 saturated carbocycles.